The summed E-state index contributed by atoms with van der Waals surface area (Å²) in [4.78, 5) is 12.7. The van der Waals surface area contributed by atoms with Crippen LogP contribution in [0.15, 0.2) is 94.0 Å². The number of hydrazone groups is 2. The van der Waals surface area contributed by atoms with Crippen LogP contribution in [-0.4, -0.2) is 30.3 Å². The summed E-state index contributed by atoms with van der Waals surface area (Å²) in [6.45, 7) is 0. The second-order valence-corrected chi connectivity index (χ2v) is 7.90. The highest BCUT2D eigenvalue weighted by Gasteiger charge is 2.34. The molecular formula is C21H15FN4O4S. The largest absolute Gasteiger partial charge is 0.301 e. The van der Waals surface area contributed by atoms with Gasteiger partial charge in [0, 0.05) is 5.56 Å². The Morgan fingerprint density at radius 1 is 0.935 bits per heavy atom. The van der Waals surface area contributed by atoms with Crippen molar-refractivity contribution in [3.63, 3.8) is 0 Å². The van der Waals surface area contributed by atoms with Gasteiger partial charge < -0.3 is 0 Å². The molecule has 0 radical (unpaired) electrons. The molecule has 0 bridgehead atoms. The molecule has 1 amide bonds. The first-order valence-corrected chi connectivity index (χ1v) is 10.4. The molecule has 1 heterocycles. The number of hydrogen-bond donors (Lipinski definition) is 2. The minimum absolute atomic E-state index is 0.00526. The molecule has 31 heavy (non-hydrogen) atoms. The van der Waals surface area contributed by atoms with E-state index in [2.05, 4.69) is 15.6 Å². The van der Waals surface area contributed by atoms with E-state index >= 15 is 0 Å². The number of nitrogens with zero attached hydrogens (tertiary/aromatic N) is 3. The molecule has 0 aliphatic carbocycles. The minimum atomic E-state index is -4.32. The zero-order valence-electron chi connectivity index (χ0n) is 15.8. The summed E-state index contributed by atoms with van der Waals surface area (Å²) in [7, 11) is -4.32. The molecule has 156 valence electrons. The van der Waals surface area contributed by atoms with Crippen LogP contribution in [0.5, 0.6) is 0 Å². The van der Waals surface area contributed by atoms with E-state index in [4.69, 9.17) is 4.55 Å². The van der Waals surface area contributed by atoms with Crippen molar-refractivity contribution in [3.05, 3.63) is 90.2 Å². The van der Waals surface area contributed by atoms with Gasteiger partial charge in [-0.15, -0.1) is 0 Å². The van der Waals surface area contributed by atoms with E-state index in [0.717, 1.165) is 0 Å². The average Bonchev–Trinajstić information content (AvgIpc) is 3.09. The maximum absolute atomic E-state index is 13.4. The van der Waals surface area contributed by atoms with Gasteiger partial charge in [0.25, 0.3) is 10.1 Å². The lowest BCUT2D eigenvalue weighted by atomic mass is 10.1. The van der Waals surface area contributed by atoms with Gasteiger partial charge >= 0.3 is 5.91 Å². The van der Waals surface area contributed by atoms with Crippen molar-refractivity contribution in [2.75, 3.05) is 10.4 Å². The molecule has 0 saturated heterocycles. The molecule has 0 fully saturated rings. The fourth-order valence-electron chi connectivity index (χ4n) is 2.86. The van der Waals surface area contributed by atoms with E-state index in [-0.39, 0.29) is 16.3 Å². The van der Waals surface area contributed by atoms with Crippen LogP contribution < -0.4 is 10.4 Å². The fourth-order valence-corrected chi connectivity index (χ4v) is 3.34. The van der Waals surface area contributed by atoms with Crippen LogP contribution in [0.25, 0.3) is 0 Å². The topological polar surface area (TPSA) is 111 Å². The normalized spacial score (nSPS) is 15.3. The molecule has 0 atom stereocenters. The third-order valence-corrected chi connectivity index (χ3v) is 5.25. The van der Waals surface area contributed by atoms with Gasteiger partial charge in [-0.25, -0.2) is 4.39 Å². The van der Waals surface area contributed by atoms with Gasteiger partial charge in [0.2, 0.25) is 0 Å². The predicted molar refractivity (Wildman–Crippen MR) is 114 cm³/mol. The number of rotatable bonds is 5. The smallest absolute Gasteiger partial charge is 0.282 e. The molecule has 0 saturated carbocycles. The Morgan fingerprint density at radius 2 is 1.58 bits per heavy atom. The zero-order chi connectivity index (χ0) is 22.0. The van der Waals surface area contributed by atoms with Crippen molar-refractivity contribution in [1.82, 2.24) is 0 Å². The number of halogens is 1. The first kappa shape index (κ1) is 20.4. The molecule has 0 unspecified atom stereocenters. The number of nitrogens with one attached hydrogen (secondary N) is 1. The molecule has 3 aromatic rings. The summed E-state index contributed by atoms with van der Waals surface area (Å²) >= 11 is 0. The Hall–Kier alpha value is -3.89. The monoisotopic (exact) mass is 438 g/mol. The highest BCUT2D eigenvalue weighted by Crippen LogP contribution is 2.22. The fraction of sp³-hybridized carbons (Fsp3) is 0. The maximum atomic E-state index is 13.4. The molecule has 0 aromatic heterocycles. The maximum Gasteiger partial charge on any atom is 0.301 e. The quantitative estimate of drug-likeness (QED) is 0.469. The van der Waals surface area contributed by atoms with Crippen molar-refractivity contribution < 1.29 is 22.2 Å². The van der Waals surface area contributed by atoms with Gasteiger partial charge in [0.05, 0.1) is 16.3 Å². The van der Waals surface area contributed by atoms with Gasteiger partial charge in [-0.05, 0) is 60.7 Å². The third kappa shape index (κ3) is 4.34. The van der Waals surface area contributed by atoms with Crippen LogP contribution in [-0.2, 0) is 14.9 Å². The van der Waals surface area contributed by atoms with E-state index < -0.39 is 21.8 Å². The van der Waals surface area contributed by atoms with Crippen LogP contribution in [0.3, 0.4) is 0 Å². The molecule has 10 heteroatoms. The van der Waals surface area contributed by atoms with Gasteiger partial charge in [0.1, 0.15) is 11.5 Å². The summed E-state index contributed by atoms with van der Waals surface area (Å²) in [5, 5.41) is 9.73. The summed E-state index contributed by atoms with van der Waals surface area (Å²) in [5.41, 5.74) is 4.34. The second-order valence-electron chi connectivity index (χ2n) is 6.48. The molecular weight excluding hydrogens is 423 g/mol. The van der Waals surface area contributed by atoms with E-state index in [1.807, 2.05) is 0 Å². The lowest BCUT2D eigenvalue weighted by Gasteiger charge is -2.10. The average molecular weight is 438 g/mol. The second kappa shape index (κ2) is 8.09. The number of hydrogen-bond acceptors (Lipinski definition) is 6. The Morgan fingerprint density at radius 3 is 2.19 bits per heavy atom. The molecule has 1 aliphatic rings. The van der Waals surface area contributed by atoms with Crippen LogP contribution in [0, 0.1) is 5.82 Å². The van der Waals surface area contributed by atoms with Crippen molar-refractivity contribution in [2.45, 2.75) is 4.90 Å². The van der Waals surface area contributed by atoms with Crippen molar-refractivity contribution in [2.24, 2.45) is 10.2 Å². The van der Waals surface area contributed by atoms with Crippen LogP contribution in [0.4, 0.5) is 15.8 Å². The van der Waals surface area contributed by atoms with Crippen LogP contribution in [0.1, 0.15) is 5.56 Å². The zero-order valence-corrected chi connectivity index (χ0v) is 16.6. The Bertz CT molecular complexity index is 1290. The number of benzene rings is 3. The number of para-hydroxylation sites is 1. The standard InChI is InChI=1S/C21H15FN4O4S/c22-15-8-6-14(7-9-15)19-20(21(27)26(25-19)17-4-2-1-3-5-17)24-23-16-10-12-18(13-11-16)31(28,29)30/h1-13,23H,(H,28,29,30)/b24-20-. The first-order chi connectivity index (χ1) is 14.8. The van der Waals surface area contributed by atoms with Crippen LogP contribution in [0.2, 0.25) is 0 Å². The first-order valence-electron chi connectivity index (χ1n) is 8.98. The lowest BCUT2D eigenvalue weighted by Crippen LogP contribution is -2.28. The minimum Gasteiger partial charge on any atom is -0.282 e. The molecule has 4 rings (SSSR count). The van der Waals surface area contributed by atoms with E-state index in [0.29, 0.717) is 16.9 Å². The number of carbonyl (C=O) groups excluding carboxylic acids is 1. The van der Waals surface area contributed by atoms with Crippen molar-refractivity contribution in [3.8, 4) is 0 Å². The van der Waals surface area contributed by atoms with E-state index in [9.17, 15) is 17.6 Å². The van der Waals surface area contributed by atoms with E-state index in [1.54, 1.807) is 30.3 Å². The molecule has 8 nitrogen and oxygen atoms in total. The summed E-state index contributed by atoms with van der Waals surface area (Å²) in [6.07, 6.45) is 0. The van der Waals surface area contributed by atoms with Crippen molar-refractivity contribution >= 4 is 38.8 Å². The number of anilines is 2. The summed E-state index contributed by atoms with van der Waals surface area (Å²) in [6, 6.07) is 19.4. The molecule has 1 aliphatic heterocycles. The lowest BCUT2D eigenvalue weighted by molar-refractivity contribution is -0.112. The molecule has 2 N–H and O–H groups in total. The SMILES string of the molecule is O=C1/C(=N\Nc2ccc(S(=O)(=O)O)cc2)C(c2ccc(F)cc2)=NN1c1ccccc1. The Kier molecular flexibility index (Phi) is 5.32. The predicted octanol–water partition coefficient (Wildman–Crippen LogP) is 3.29. The molecule has 3 aromatic carbocycles. The van der Waals surface area contributed by atoms with Gasteiger partial charge in [0.15, 0.2) is 5.71 Å². The Labute approximate surface area is 177 Å². The highest BCUT2D eigenvalue weighted by atomic mass is 32.2. The number of carbonyl (C=O) groups is 1. The van der Waals surface area contributed by atoms with Gasteiger partial charge in [-0.2, -0.15) is 23.6 Å². The Balaban J connectivity index is 1.69. The number of amides is 1. The van der Waals surface area contributed by atoms with Gasteiger partial charge in [-0.3, -0.25) is 14.8 Å². The summed E-state index contributed by atoms with van der Waals surface area (Å²) < 4.78 is 44.7. The highest BCUT2D eigenvalue weighted by molar-refractivity contribution is 7.85. The third-order valence-electron chi connectivity index (χ3n) is 4.39. The van der Waals surface area contributed by atoms with Crippen molar-refractivity contribution in [1.29, 1.82) is 0 Å². The van der Waals surface area contributed by atoms with Gasteiger partial charge in [-0.1, -0.05) is 18.2 Å². The molecule has 0 spiro atoms. The summed E-state index contributed by atoms with van der Waals surface area (Å²) in [5.74, 6) is -0.920. The van der Waals surface area contributed by atoms with Crippen LogP contribution >= 0.6 is 0 Å². The van der Waals surface area contributed by atoms with E-state index in [1.165, 1.54) is 53.5 Å².